The zero-order valence-electron chi connectivity index (χ0n) is 17.0. The fraction of sp³-hybridized carbons (Fsp3) is 0.545. The molecule has 2 saturated carbocycles. The van der Waals surface area contributed by atoms with Gasteiger partial charge < -0.3 is 24.1 Å². The lowest BCUT2D eigenvalue weighted by Gasteiger charge is -2.35. The SMILES string of the molecule is O=C(O)CC(=O)OC1(c2c(C3(OC(=O)CC(=O)O)CCCC3)c3ccc2o3)CCCC1. The van der Waals surface area contributed by atoms with Gasteiger partial charge in [-0.05, 0) is 63.5 Å². The van der Waals surface area contributed by atoms with E-state index in [1.54, 1.807) is 12.1 Å². The highest BCUT2D eigenvalue weighted by Crippen LogP contribution is 2.55. The normalized spacial score (nSPS) is 19.5. The van der Waals surface area contributed by atoms with Gasteiger partial charge in [-0.3, -0.25) is 19.2 Å². The molecule has 2 aromatic rings. The number of ether oxygens (including phenoxy) is 2. The second kappa shape index (κ2) is 7.86. The molecule has 0 spiro atoms. The highest BCUT2D eigenvalue weighted by molar-refractivity contribution is 5.91. The number of benzene rings is 1. The van der Waals surface area contributed by atoms with E-state index in [1.165, 1.54) is 0 Å². The fourth-order valence-electron chi connectivity index (χ4n) is 5.21. The lowest BCUT2D eigenvalue weighted by Crippen LogP contribution is -2.37. The maximum atomic E-state index is 12.3. The maximum absolute atomic E-state index is 12.3. The van der Waals surface area contributed by atoms with E-state index < -0.39 is 47.9 Å². The third kappa shape index (κ3) is 3.84. The molecule has 2 heterocycles. The molecule has 31 heavy (non-hydrogen) atoms. The second-order valence-electron chi connectivity index (χ2n) is 8.41. The van der Waals surface area contributed by atoms with E-state index >= 15 is 0 Å². The molecule has 0 saturated heterocycles. The molecular formula is C22H24O9. The summed E-state index contributed by atoms with van der Waals surface area (Å²) < 4.78 is 17.5. The number of fused-ring (bicyclic) bond motifs is 2. The number of rotatable bonds is 8. The van der Waals surface area contributed by atoms with Crippen LogP contribution in [-0.2, 0) is 39.9 Å². The summed E-state index contributed by atoms with van der Waals surface area (Å²) in [5.41, 5.74) is 0.167. The molecule has 2 N–H and O–H groups in total. The second-order valence-corrected chi connectivity index (χ2v) is 8.41. The molecule has 0 aromatic carbocycles. The van der Waals surface area contributed by atoms with E-state index in [1.807, 2.05) is 0 Å². The summed E-state index contributed by atoms with van der Waals surface area (Å²) in [6.45, 7) is 0. The monoisotopic (exact) mass is 432 g/mol. The number of hydrogen-bond donors (Lipinski definition) is 2. The van der Waals surface area contributed by atoms with Crippen molar-refractivity contribution in [3.63, 3.8) is 0 Å². The van der Waals surface area contributed by atoms with Gasteiger partial charge in [-0.2, -0.15) is 0 Å². The van der Waals surface area contributed by atoms with Gasteiger partial charge in [0.2, 0.25) is 0 Å². The standard InChI is InChI=1S/C22H24O9/c23-15(24)11-17(27)30-21(7-1-2-8-21)19-13-5-6-14(29-13)20(19)22(9-3-4-10-22)31-18(28)12-16(25)26/h5-6H,1-4,7-12H2,(H,23,24)(H,25,26). The van der Waals surface area contributed by atoms with Gasteiger partial charge >= 0.3 is 23.9 Å². The molecule has 0 atom stereocenters. The summed E-state index contributed by atoms with van der Waals surface area (Å²) in [6, 6.07) is 3.53. The Balaban J connectivity index is 1.78. The first-order valence-corrected chi connectivity index (χ1v) is 10.5. The lowest BCUT2D eigenvalue weighted by atomic mass is 9.80. The number of furan rings is 2. The highest BCUT2D eigenvalue weighted by Gasteiger charge is 2.51. The summed E-state index contributed by atoms with van der Waals surface area (Å²) in [5, 5.41) is 18.0. The minimum atomic E-state index is -1.27. The number of carbonyl (C=O) groups is 4. The molecular weight excluding hydrogens is 408 g/mol. The highest BCUT2D eigenvalue weighted by atomic mass is 16.6. The van der Waals surface area contributed by atoms with Crippen LogP contribution in [0.2, 0.25) is 0 Å². The summed E-state index contributed by atoms with van der Waals surface area (Å²) in [7, 11) is 0. The van der Waals surface area contributed by atoms with Crippen molar-refractivity contribution in [1.82, 2.24) is 0 Å². The molecule has 2 aromatic heterocycles. The van der Waals surface area contributed by atoms with Gasteiger partial charge in [0.25, 0.3) is 0 Å². The number of hydrogen-bond acceptors (Lipinski definition) is 7. The summed E-state index contributed by atoms with van der Waals surface area (Å²) >= 11 is 0. The largest absolute Gasteiger partial charge is 0.481 e. The van der Waals surface area contributed by atoms with Crippen molar-refractivity contribution in [1.29, 1.82) is 0 Å². The smallest absolute Gasteiger partial charge is 0.318 e. The molecule has 0 aliphatic heterocycles. The Hall–Kier alpha value is -3.10. The van der Waals surface area contributed by atoms with E-state index in [4.69, 9.17) is 24.1 Å². The first-order chi connectivity index (χ1) is 14.7. The first-order valence-electron chi connectivity index (χ1n) is 10.5. The summed E-state index contributed by atoms with van der Waals surface area (Å²) in [6.07, 6.45) is 3.68. The number of carbonyl (C=O) groups excluding carboxylic acids is 2. The van der Waals surface area contributed by atoms with Gasteiger partial charge in [0, 0.05) is 11.1 Å². The minimum absolute atomic E-state index is 0.504. The molecule has 0 radical (unpaired) electrons. The predicted octanol–water partition coefficient (Wildman–Crippen LogP) is 3.45. The Morgan fingerprint density at radius 2 is 1.10 bits per heavy atom. The van der Waals surface area contributed by atoms with Crippen molar-refractivity contribution in [3.05, 3.63) is 23.3 Å². The summed E-state index contributed by atoms with van der Waals surface area (Å²) in [4.78, 5) is 46.7. The average Bonchev–Trinajstić information content (AvgIpc) is 3.44. The number of aliphatic carboxylic acids is 2. The van der Waals surface area contributed by atoms with Crippen molar-refractivity contribution in [2.45, 2.75) is 75.4 Å². The molecule has 2 aliphatic carbocycles. The van der Waals surface area contributed by atoms with E-state index in [0.29, 0.717) is 48.0 Å². The van der Waals surface area contributed by atoms with Gasteiger partial charge in [0.1, 0.15) is 35.2 Å². The van der Waals surface area contributed by atoms with E-state index in [-0.39, 0.29) is 0 Å². The molecule has 2 aliphatic rings. The van der Waals surface area contributed by atoms with Crippen LogP contribution in [0, 0.1) is 0 Å². The minimum Gasteiger partial charge on any atom is -0.481 e. The van der Waals surface area contributed by atoms with Gasteiger partial charge in [-0.25, -0.2) is 0 Å². The molecule has 9 heteroatoms. The Morgan fingerprint density at radius 3 is 1.42 bits per heavy atom. The van der Waals surface area contributed by atoms with Crippen LogP contribution in [0.4, 0.5) is 0 Å². The van der Waals surface area contributed by atoms with Crippen LogP contribution in [0.15, 0.2) is 16.5 Å². The fourth-order valence-corrected chi connectivity index (χ4v) is 5.21. The van der Waals surface area contributed by atoms with Crippen LogP contribution in [-0.4, -0.2) is 34.1 Å². The van der Waals surface area contributed by atoms with Crippen LogP contribution >= 0.6 is 0 Å². The Labute approximate surface area is 177 Å². The average molecular weight is 432 g/mol. The molecule has 4 rings (SSSR count). The van der Waals surface area contributed by atoms with Crippen LogP contribution in [0.25, 0.3) is 11.2 Å². The third-order valence-electron chi connectivity index (χ3n) is 6.29. The molecule has 2 fully saturated rings. The quantitative estimate of drug-likeness (QED) is 0.474. The van der Waals surface area contributed by atoms with Crippen LogP contribution in [0.3, 0.4) is 0 Å². The Kier molecular flexibility index (Phi) is 5.36. The van der Waals surface area contributed by atoms with Crippen molar-refractivity contribution < 1.29 is 43.3 Å². The zero-order valence-corrected chi connectivity index (χ0v) is 17.0. The molecule has 2 bridgehead atoms. The molecule has 166 valence electrons. The van der Waals surface area contributed by atoms with Gasteiger partial charge in [-0.1, -0.05) is 0 Å². The van der Waals surface area contributed by atoms with E-state index in [2.05, 4.69) is 0 Å². The molecule has 9 nitrogen and oxygen atoms in total. The zero-order chi connectivity index (χ0) is 22.2. The van der Waals surface area contributed by atoms with Crippen molar-refractivity contribution in [2.24, 2.45) is 0 Å². The third-order valence-corrected chi connectivity index (χ3v) is 6.29. The Morgan fingerprint density at radius 1 is 0.742 bits per heavy atom. The number of carboxylic acids is 2. The molecule has 0 amide bonds. The van der Waals surface area contributed by atoms with Gasteiger partial charge in [0.15, 0.2) is 0 Å². The molecule has 0 unspecified atom stereocenters. The number of carboxylic acid groups (broad SMARTS) is 2. The maximum Gasteiger partial charge on any atom is 0.318 e. The first kappa shape index (κ1) is 21.1. The van der Waals surface area contributed by atoms with Gasteiger partial charge in [-0.15, -0.1) is 0 Å². The van der Waals surface area contributed by atoms with Crippen molar-refractivity contribution >= 4 is 35.0 Å². The number of esters is 2. The van der Waals surface area contributed by atoms with E-state index in [9.17, 15) is 19.2 Å². The summed E-state index contributed by atoms with van der Waals surface area (Å²) in [5.74, 6) is -4.20. The van der Waals surface area contributed by atoms with Crippen LogP contribution < -0.4 is 0 Å². The van der Waals surface area contributed by atoms with Gasteiger partial charge in [0.05, 0.1) is 0 Å². The van der Waals surface area contributed by atoms with Crippen molar-refractivity contribution in [3.8, 4) is 0 Å². The van der Waals surface area contributed by atoms with E-state index in [0.717, 1.165) is 25.7 Å². The lowest BCUT2D eigenvalue weighted by molar-refractivity contribution is -0.168. The predicted molar refractivity (Wildman–Crippen MR) is 104 cm³/mol. The van der Waals surface area contributed by atoms with Crippen LogP contribution in [0.1, 0.15) is 75.3 Å². The van der Waals surface area contributed by atoms with Crippen LogP contribution in [0.5, 0.6) is 0 Å². The topological polar surface area (TPSA) is 140 Å². The Bertz CT molecular complexity index is 927. The van der Waals surface area contributed by atoms with Crippen molar-refractivity contribution in [2.75, 3.05) is 0 Å².